The Kier molecular flexibility index (Phi) is 6.89. The number of amidine groups is 1. The van der Waals surface area contributed by atoms with Crippen molar-refractivity contribution >= 4 is 5.84 Å². The molecule has 0 spiro atoms. The van der Waals surface area contributed by atoms with Crippen LogP contribution in [-0.2, 0) is 9.47 Å². The molecule has 5 nitrogen and oxygen atoms in total. The Morgan fingerprint density at radius 2 is 1.80 bits per heavy atom. The van der Waals surface area contributed by atoms with Crippen molar-refractivity contribution in [3.63, 3.8) is 0 Å². The average molecular weight is 288 g/mol. The molecule has 0 aromatic heterocycles. The van der Waals surface area contributed by atoms with Crippen molar-refractivity contribution in [2.45, 2.75) is 6.42 Å². The van der Waals surface area contributed by atoms with Crippen molar-refractivity contribution in [3.8, 4) is 5.75 Å². The first-order valence-corrected chi connectivity index (χ1v) is 6.09. The highest BCUT2D eigenvalue weighted by molar-refractivity contribution is 5.95. The van der Waals surface area contributed by atoms with Gasteiger partial charge in [-0.15, -0.1) is 0 Å². The minimum absolute atomic E-state index is 0.0248. The largest absolute Gasteiger partial charge is 0.485 e. The molecule has 0 amide bonds. The van der Waals surface area contributed by atoms with Crippen LogP contribution >= 0.6 is 0 Å². The van der Waals surface area contributed by atoms with Crippen molar-refractivity contribution < 1.29 is 23.0 Å². The van der Waals surface area contributed by atoms with Crippen LogP contribution in [0.1, 0.15) is 12.0 Å². The van der Waals surface area contributed by atoms with Gasteiger partial charge in [-0.05, 0) is 18.6 Å². The molecule has 0 saturated carbocycles. The van der Waals surface area contributed by atoms with Crippen LogP contribution in [0.25, 0.3) is 0 Å². The Hall–Kier alpha value is -1.73. The molecular formula is C13H18F2N2O3. The quantitative estimate of drug-likeness (QED) is 0.412. The van der Waals surface area contributed by atoms with E-state index in [4.69, 9.17) is 25.4 Å². The van der Waals surface area contributed by atoms with Crippen molar-refractivity contribution in [1.29, 1.82) is 5.41 Å². The number of rotatable bonds is 9. The first-order chi connectivity index (χ1) is 9.56. The fraction of sp³-hybridized carbons (Fsp3) is 0.462. The molecule has 20 heavy (non-hydrogen) atoms. The summed E-state index contributed by atoms with van der Waals surface area (Å²) < 4.78 is 42.2. The smallest absolute Gasteiger partial charge is 0.190 e. The standard InChI is InChI=1S/C13H18F2N2O3/c1-18-3-2-4-19-5-6-20-12-10(14)7-9(13(16)17)8-11(12)15/h7-8H,2-6H2,1H3,(H3,16,17). The molecule has 7 heteroatoms. The number of nitrogens with one attached hydrogen (secondary N) is 1. The van der Waals surface area contributed by atoms with Crippen molar-refractivity contribution in [2.24, 2.45) is 5.73 Å². The number of halogens is 2. The molecule has 1 rings (SSSR count). The van der Waals surface area contributed by atoms with Gasteiger partial charge in [0.1, 0.15) is 12.4 Å². The van der Waals surface area contributed by atoms with Crippen LogP contribution in [0.5, 0.6) is 5.75 Å². The zero-order chi connectivity index (χ0) is 15.0. The summed E-state index contributed by atoms with van der Waals surface area (Å²) in [6, 6.07) is 1.92. The third kappa shape index (κ3) is 5.10. The van der Waals surface area contributed by atoms with E-state index in [2.05, 4.69) is 0 Å². The lowest BCUT2D eigenvalue weighted by molar-refractivity contribution is 0.0786. The van der Waals surface area contributed by atoms with E-state index in [1.807, 2.05) is 0 Å². The Morgan fingerprint density at radius 1 is 1.15 bits per heavy atom. The van der Waals surface area contributed by atoms with E-state index in [0.717, 1.165) is 18.6 Å². The van der Waals surface area contributed by atoms with E-state index in [1.54, 1.807) is 7.11 Å². The summed E-state index contributed by atoms with van der Waals surface area (Å²) in [5, 5.41) is 7.12. The molecule has 0 aliphatic rings. The van der Waals surface area contributed by atoms with Crippen molar-refractivity contribution in [1.82, 2.24) is 0 Å². The zero-order valence-corrected chi connectivity index (χ0v) is 11.2. The number of nitrogens with two attached hydrogens (primary N) is 1. The fourth-order valence-corrected chi connectivity index (χ4v) is 1.46. The maximum Gasteiger partial charge on any atom is 0.190 e. The lowest BCUT2D eigenvalue weighted by Crippen LogP contribution is -2.14. The Balaban J connectivity index is 2.42. The first kappa shape index (κ1) is 16.3. The zero-order valence-electron chi connectivity index (χ0n) is 11.2. The number of hydrogen-bond acceptors (Lipinski definition) is 4. The predicted octanol–water partition coefficient (Wildman–Crippen LogP) is 1.68. The molecule has 0 saturated heterocycles. The second kappa shape index (κ2) is 8.44. The highest BCUT2D eigenvalue weighted by Crippen LogP contribution is 2.23. The molecular weight excluding hydrogens is 270 g/mol. The van der Waals surface area contributed by atoms with Crippen molar-refractivity contribution in [2.75, 3.05) is 33.5 Å². The van der Waals surface area contributed by atoms with Gasteiger partial charge in [0, 0.05) is 25.9 Å². The van der Waals surface area contributed by atoms with Crippen LogP contribution in [0.15, 0.2) is 12.1 Å². The van der Waals surface area contributed by atoms with Crippen LogP contribution in [0.4, 0.5) is 8.78 Å². The highest BCUT2D eigenvalue weighted by Gasteiger charge is 2.13. The summed E-state index contributed by atoms with van der Waals surface area (Å²) in [7, 11) is 1.60. The van der Waals surface area contributed by atoms with Gasteiger partial charge in [-0.1, -0.05) is 0 Å². The molecule has 0 radical (unpaired) electrons. The van der Waals surface area contributed by atoms with Crippen LogP contribution in [-0.4, -0.2) is 39.4 Å². The van der Waals surface area contributed by atoms with E-state index >= 15 is 0 Å². The monoisotopic (exact) mass is 288 g/mol. The summed E-state index contributed by atoms with van der Waals surface area (Å²) in [6.45, 7) is 1.33. The van der Waals surface area contributed by atoms with Gasteiger partial charge in [0.25, 0.3) is 0 Å². The van der Waals surface area contributed by atoms with Crippen LogP contribution < -0.4 is 10.5 Å². The molecule has 0 aliphatic heterocycles. The molecule has 1 aromatic carbocycles. The fourth-order valence-electron chi connectivity index (χ4n) is 1.46. The average Bonchev–Trinajstić information content (AvgIpc) is 2.40. The molecule has 1 aromatic rings. The van der Waals surface area contributed by atoms with Crippen LogP contribution in [0.3, 0.4) is 0 Å². The number of methoxy groups -OCH3 is 1. The summed E-state index contributed by atoms with van der Waals surface area (Å²) in [6.07, 6.45) is 0.743. The van der Waals surface area contributed by atoms with Gasteiger partial charge in [-0.3, -0.25) is 5.41 Å². The normalized spacial score (nSPS) is 10.6. The number of nitrogen functional groups attached to an aromatic ring is 1. The molecule has 112 valence electrons. The van der Waals surface area contributed by atoms with Crippen LogP contribution in [0, 0.1) is 17.0 Å². The number of benzene rings is 1. The highest BCUT2D eigenvalue weighted by atomic mass is 19.1. The first-order valence-electron chi connectivity index (χ1n) is 6.09. The molecule has 0 bridgehead atoms. The molecule has 0 unspecified atom stereocenters. The van der Waals surface area contributed by atoms with Crippen molar-refractivity contribution in [3.05, 3.63) is 29.3 Å². The third-order valence-corrected chi connectivity index (χ3v) is 2.42. The molecule has 0 aliphatic carbocycles. The second-order valence-electron chi connectivity index (χ2n) is 3.99. The van der Waals surface area contributed by atoms with Crippen LogP contribution in [0.2, 0.25) is 0 Å². The molecule has 0 atom stereocenters. The summed E-state index contributed by atoms with van der Waals surface area (Å²) in [5.74, 6) is -2.68. The van der Waals surface area contributed by atoms with Gasteiger partial charge < -0.3 is 19.9 Å². The van der Waals surface area contributed by atoms with Gasteiger partial charge in [0.2, 0.25) is 0 Å². The van der Waals surface area contributed by atoms with E-state index in [0.29, 0.717) is 13.2 Å². The lowest BCUT2D eigenvalue weighted by Gasteiger charge is -2.10. The molecule has 0 heterocycles. The minimum atomic E-state index is -0.894. The third-order valence-electron chi connectivity index (χ3n) is 2.42. The van der Waals surface area contributed by atoms with E-state index < -0.39 is 23.2 Å². The Bertz CT molecular complexity index is 432. The minimum Gasteiger partial charge on any atom is -0.485 e. The maximum atomic E-state index is 13.6. The summed E-state index contributed by atoms with van der Waals surface area (Å²) in [4.78, 5) is 0. The summed E-state index contributed by atoms with van der Waals surface area (Å²) >= 11 is 0. The molecule has 0 fully saturated rings. The lowest BCUT2D eigenvalue weighted by atomic mass is 10.2. The van der Waals surface area contributed by atoms with Gasteiger partial charge in [-0.25, -0.2) is 8.78 Å². The maximum absolute atomic E-state index is 13.6. The van der Waals surface area contributed by atoms with Gasteiger partial charge in [-0.2, -0.15) is 0 Å². The van der Waals surface area contributed by atoms with Gasteiger partial charge >= 0.3 is 0 Å². The predicted molar refractivity (Wildman–Crippen MR) is 70.2 cm³/mol. The number of ether oxygens (including phenoxy) is 3. The molecule has 3 N–H and O–H groups in total. The van der Waals surface area contributed by atoms with E-state index in [-0.39, 0.29) is 18.8 Å². The number of hydrogen-bond donors (Lipinski definition) is 2. The van der Waals surface area contributed by atoms with Gasteiger partial charge in [0.05, 0.1) is 6.61 Å². The second-order valence-corrected chi connectivity index (χ2v) is 3.99. The van der Waals surface area contributed by atoms with E-state index in [1.165, 1.54) is 0 Å². The Morgan fingerprint density at radius 3 is 2.35 bits per heavy atom. The van der Waals surface area contributed by atoms with Gasteiger partial charge in [0.15, 0.2) is 17.4 Å². The summed E-state index contributed by atoms with van der Waals surface area (Å²) in [5.41, 5.74) is 5.14. The van der Waals surface area contributed by atoms with E-state index in [9.17, 15) is 8.78 Å². The Labute approximate surface area is 116 Å². The SMILES string of the molecule is COCCCOCCOc1c(F)cc(C(=N)N)cc1F. The topological polar surface area (TPSA) is 77.6 Å².